The Morgan fingerprint density at radius 1 is 1.20 bits per heavy atom. The number of carboxylic acids is 1. The van der Waals surface area contributed by atoms with Crippen molar-refractivity contribution in [2.45, 2.75) is 38.0 Å². The fourth-order valence-electron chi connectivity index (χ4n) is 4.65. The minimum absolute atomic E-state index is 0.0200. The monoisotopic (exact) mass is 487 g/mol. The molecule has 3 heterocycles. The third-order valence-electron chi connectivity index (χ3n) is 6.34. The van der Waals surface area contributed by atoms with E-state index in [4.69, 9.17) is 14.9 Å². The van der Waals surface area contributed by atoms with Crippen LogP contribution in [0.25, 0.3) is 33.5 Å². The molecule has 2 aromatic heterocycles. The molecular formula is C23H20F3N5O4. The number of anilines is 2. The van der Waals surface area contributed by atoms with Crippen molar-refractivity contribution in [2.24, 2.45) is 5.92 Å². The minimum Gasteiger partial charge on any atom is -0.491 e. The summed E-state index contributed by atoms with van der Waals surface area (Å²) in [6.45, 7) is 0.878. The van der Waals surface area contributed by atoms with Crippen LogP contribution in [-0.4, -0.2) is 38.3 Å². The molecule has 2 aromatic carbocycles. The van der Waals surface area contributed by atoms with Crippen LogP contribution >= 0.6 is 0 Å². The van der Waals surface area contributed by atoms with Gasteiger partial charge in [-0.25, -0.2) is 9.78 Å². The molecule has 35 heavy (non-hydrogen) atoms. The summed E-state index contributed by atoms with van der Waals surface area (Å²) in [6, 6.07) is 4.77. The molecule has 0 amide bonds. The molecule has 0 saturated heterocycles. The zero-order valence-corrected chi connectivity index (χ0v) is 18.2. The maximum Gasteiger partial charge on any atom is 0.420 e. The Balaban J connectivity index is 1.52. The number of nitrogens with two attached hydrogens (primary N) is 1. The summed E-state index contributed by atoms with van der Waals surface area (Å²) in [4.78, 5) is 20.3. The summed E-state index contributed by atoms with van der Waals surface area (Å²) in [5.41, 5.74) is 5.94. The summed E-state index contributed by atoms with van der Waals surface area (Å²) in [7, 11) is 0. The molecule has 1 saturated carbocycles. The molecule has 1 fully saturated rings. The van der Waals surface area contributed by atoms with Crippen molar-refractivity contribution in [3.63, 3.8) is 0 Å². The normalized spacial score (nSPS) is 16.8. The molecule has 1 aliphatic heterocycles. The molecule has 0 radical (unpaired) electrons. The Morgan fingerprint density at radius 2 is 2.00 bits per heavy atom. The summed E-state index contributed by atoms with van der Waals surface area (Å²) in [5, 5.41) is 12.7. The van der Waals surface area contributed by atoms with E-state index in [-0.39, 0.29) is 23.0 Å². The van der Waals surface area contributed by atoms with Crippen LogP contribution in [0.3, 0.4) is 0 Å². The van der Waals surface area contributed by atoms with Gasteiger partial charge in [-0.05, 0) is 43.4 Å². The number of imidazole rings is 1. The van der Waals surface area contributed by atoms with Gasteiger partial charge in [0.05, 0.1) is 12.1 Å². The van der Waals surface area contributed by atoms with Crippen LogP contribution in [0.15, 0.2) is 28.7 Å². The van der Waals surface area contributed by atoms with Crippen LogP contribution in [0.5, 0.6) is 5.75 Å². The van der Waals surface area contributed by atoms with Crippen molar-refractivity contribution >= 4 is 39.8 Å². The maximum atomic E-state index is 13.8. The second-order valence-corrected chi connectivity index (χ2v) is 8.85. The fourth-order valence-corrected chi connectivity index (χ4v) is 4.65. The summed E-state index contributed by atoms with van der Waals surface area (Å²) < 4.78 is 54.2. The van der Waals surface area contributed by atoms with Gasteiger partial charge in [-0.3, -0.25) is 0 Å². The second-order valence-electron chi connectivity index (χ2n) is 8.85. The number of oxazole rings is 1. The van der Waals surface area contributed by atoms with Gasteiger partial charge in [0, 0.05) is 23.9 Å². The Morgan fingerprint density at radius 3 is 2.71 bits per heavy atom. The van der Waals surface area contributed by atoms with E-state index >= 15 is 0 Å². The van der Waals surface area contributed by atoms with Gasteiger partial charge in [0.25, 0.3) is 6.01 Å². The molecule has 0 bridgehead atoms. The van der Waals surface area contributed by atoms with E-state index in [2.05, 4.69) is 15.3 Å². The van der Waals surface area contributed by atoms with E-state index in [0.29, 0.717) is 47.9 Å². The molecule has 4 N–H and O–H groups in total. The molecule has 1 atom stereocenters. The van der Waals surface area contributed by atoms with E-state index < -0.39 is 29.3 Å². The number of alkyl halides is 3. The van der Waals surface area contributed by atoms with Crippen LogP contribution < -0.4 is 15.8 Å². The highest BCUT2D eigenvalue weighted by Gasteiger charge is 2.37. The molecule has 1 aliphatic carbocycles. The smallest absolute Gasteiger partial charge is 0.420 e. The van der Waals surface area contributed by atoms with Gasteiger partial charge in [-0.2, -0.15) is 18.2 Å². The summed E-state index contributed by atoms with van der Waals surface area (Å²) in [5.74, 6) is -0.0805. The Kier molecular flexibility index (Phi) is 4.63. The van der Waals surface area contributed by atoms with Crippen LogP contribution in [0.4, 0.5) is 24.9 Å². The van der Waals surface area contributed by atoms with Gasteiger partial charge >= 0.3 is 12.1 Å². The van der Waals surface area contributed by atoms with Gasteiger partial charge < -0.3 is 29.9 Å². The number of nitrogens with one attached hydrogen (secondary N) is 1. The number of carboxylic acid groups (broad SMARTS) is 1. The largest absolute Gasteiger partial charge is 0.491 e. The SMILES string of the molecule is Nc1nc2cc(-c3nc4cc(N[C@H](C(=O)O)C5CC5)cc5c4n3CCCO5)cc(C(F)(F)F)c2o1. The Labute approximate surface area is 195 Å². The van der Waals surface area contributed by atoms with Crippen molar-refractivity contribution in [3.8, 4) is 17.1 Å². The van der Waals surface area contributed by atoms with Gasteiger partial charge in [0.1, 0.15) is 34.2 Å². The van der Waals surface area contributed by atoms with Crippen molar-refractivity contribution in [1.29, 1.82) is 0 Å². The number of hydrogen-bond acceptors (Lipinski definition) is 7. The predicted octanol–water partition coefficient (Wildman–Crippen LogP) is 4.50. The van der Waals surface area contributed by atoms with E-state index in [0.717, 1.165) is 18.9 Å². The Hall–Kier alpha value is -3.96. The lowest BCUT2D eigenvalue weighted by atomic mass is 10.1. The molecule has 0 unspecified atom stereocenters. The fraction of sp³-hybridized carbons (Fsp3) is 0.348. The molecular weight excluding hydrogens is 467 g/mol. The first-order valence-corrected chi connectivity index (χ1v) is 11.1. The van der Waals surface area contributed by atoms with Gasteiger partial charge in [0.2, 0.25) is 0 Å². The number of aliphatic carboxylic acids is 1. The lowest BCUT2D eigenvalue weighted by Gasteiger charge is -2.16. The highest BCUT2D eigenvalue weighted by atomic mass is 19.4. The molecule has 4 aromatic rings. The number of nitrogen functional groups attached to an aromatic ring is 1. The number of aryl methyl sites for hydroxylation is 1. The first-order valence-electron chi connectivity index (χ1n) is 11.1. The second kappa shape index (κ2) is 7.52. The molecule has 6 rings (SSSR count). The number of nitrogens with zero attached hydrogens (tertiary/aromatic N) is 3. The molecule has 0 spiro atoms. The number of fused-ring (bicyclic) bond motifs is 1. The minimum atomic E-state index is -4.69. The third kappa shape index (κ3) is 3.69. The topological polar surface area (TPSA) is 128 Å². The van der Waals surface area contributed by atoms with Crippen molar-refractivity contribution in [2.75, 3.05) is 17.7 Å². The zero-order chi connectivity index (χ0) is 24.5. The molecule has 182 valence electrons. The number of rotatable bonds is 5. The lowest BCUT2D eigenvalue weighted by Crippen LogP contribution is -2.31. The number of hydrogen-bond donors (Lipinski definition) is 3. The van der Waals surface area contributed by atoms with Crippen molar-refractivity contribution < 1.29 is 32.2 Å². The number of benzene rings is 2. The average molecular weight is 487 g/mol. The quantitative estimate of drug-likeness (QED) is 0.375. The molecule has 2 aliphatic rings. The number of aromatic nitrogens is 3. The lowest BCUT2D eigenvalue weighted by molar-refractivity contribution is -0.138. The van der Waals surface area contributed by atoms with E-state index in [1.807, 2.05) is 4.57 Å². The summed E-state index contributed by atoms with van der Waals surface area (Å²) in [6.07, 6.45) is -2.40. The standard InChI is InChI=1S/C23H20F3N5O4/c24-23(25,26)13-6-11(7-15-19(13)35-22(27)30-15)20-29-14-8-12(28-17(21(32)33)10-2-3-10)9-16-18(14)31(20)4-1-5-34-16/h6-10,17,28H,1-5H2,(H2,27,30)(H,32,33)/t17-/m0/s1. The average Bonchev–Trinajstić information content (AvgIpc) is 3.50. The van der Waals surface area contributed by atoms with E-state index in [1.54, 1.807) is 12.1 Å². The predicted molar refractivity (Wildman–Crippen MR) is 120 cm³/mol. The zero-order valence-electron chi connectivity index (χ0n) is 18.2. The van der Waals surface area contributed by atoms with Gasteiger partial charge in [-0.15, -0.1) is 0 Å². The number of carbonyl (C=O) groups is 1. The first-order chi connectivity index (χ1) is 16.7. The van der Waals surface area contributed by atoms with E-state index in [1.165, 1.54) is 6.07 Å². The van der Waals surface area contributed by atoms with Crippen LogP contribution in [-0.2, 0) is 17.5 Å². The highest BCUT2D eigenvalue weighted by molar-refractivity contribution is 5.92. The Bertz CT molecular complexity index is 1490. The summed E-state index contributed by atoms with van der Waals surface area (Å²) >= 11 is 0. The first kappa shape index (κ1) is 21.6. The van der Waals surface area contributed by atoms with Gasteiger partial charge in [0.15, 0.2) is 5.58 Å². The molecule has 9 nitrogen and oxygen atoms in total. The third-order valence-corrected chi connectivity index (χ3v) is 6.34. The van der Waals surface area contributed by atoms with Crippen molar-refractivity contribution in [3.05, 3.63) is 29.8 Å². The van der Waals surface area contributed by atoms with Gasteiger partial charge in [-0.1, -0.05) is 0 Å². The highest BCUT2D eigenvalue weighted by Crippen LogP contribution is 2.42. The van der Waals surface area contributed by atoms with Crippen LogP contribution in [0.2, 0.25) is 0 Å². The van der Waals surface area contributed by atoms with Crippen LogP contribution in [0, 0.1) is 5.92 Å². The van der Waals surface area contributed by atoms with Crippen molar-refractivity contribution in [1.82, 2.24) is 14.5 Å². The maximum absolute atomic E-state index is 13.8. The van der Waals surface area contributed by atoms with E-state index in [9.17, 15) is 23.1 Å². The molecule has 12 heteroatoms. The number of ether oxygens (including phenoxy) is 1. The van der Waals surface area contributed by atoms with Crippen LogP contribution in [0.1, 0.15) is 24.8 Å². The number of halogens is 3.